The van der Waals surface area contributed by atoms with Crippen molar-refractivity contribution in [2.45, 2.75) is 6.92 Å². The molecule has 0 saturated carbocycles. The van der Waals surface area contributed by atoms with Crippen LogP contribution in [0.25, 0.3) is 0 Å². The molecule has 0 radical (unpaired) electrons. The van der Waals surface area contributed by atoms with Crippen LogP contribution in [0.1, 0.15) is 5.69 Å². The van der Waals surface area contributed by atoms with E-state index < -0.39 is 5.82 Å². The standard InChI is InChI=1S/C18H16ClFN4O/c1-11-8-17(22-12-4-3-5-14(9-12)25-2)24-18(21-11)23-13-6-7-16(20)15(19)10-13/h3-10H,1-2H3,(H2,21,22,23,24). The maximum Gasteiger partial charge on any atom is 0.229 e. The second kappa shape index (κ2) is 7.36. The molecule has 0 unspecified atom stereocenters. The predicted octanol–water partition coefficient (Wildman–Crippen LogP) is 5.07. The Morgan fingerprint density at radius 2 is 1.80 bits per heavy atom. The molecule has 5 nitrogen and oxygen atoms in total. The lowest BCUT2D eigenvalue weighted by molar-refractivity contribution is 0.415. The summed E-state index contributed by atoms with van der Waals surface area (Å²) in [4.78, 5) is 8.75. The molecule has 128 valence electrons. The van der Waals surface area contributed by atoms with Crippen LogP contribution in [0, 0.1) is 12.7 Å². The van der Waals surface area contributed by atoms with Gasteiger partial charge in [-0.15, -0.1) is 0 Å². The smallest absolute Gasteiger partial charge is 0.229 e. The van der Waals surface area contributed by atoms with Crippen molar-refractivity contribution in [3.63, 3.8) is 0 Å². The summed E-state index contributed by atoms with van der Waals surface area (Å²) < 4.78 is 18.5. The van der Waals surface area contributed by atoms with Gasteiger partial charge in [0.2, 0.25) is 5.95 Å². The zero-order chi connectivity index (χ0) is 17.8. The van der Waals surface area contributed by atoms with E-state index in [1.165, 1.54) is 12.1 Å². The summed E-state index contributed by atoms with van der Waals surface area (Å²) >= 11 is 5.80. The van der Waals surface area contributed by atoms with Crippen molar-refractivity contribution in [2.24, 2.45) is 0 Å². The normalized spacial score (nSPS) is 10.4. The zero-order valence-electron chi connectivity index (χ0n) is 13.7. The number of nitrogens with zero attached hydrogens (tertiary/aromatic N) is 2. The fourth-order valence-electron chi connectivity index (χ4n) is 2.24. The monoisotopic (exact) mass is 358 g/mol. The molecule has 0 amide bonds. The minimum Gasteiger partial charge on any atom is -0.497 e. The van der Waals surface area contributed by atoms with Crippen molar-refractivity contribution < 1.29 is 9.13 Å². The molecule has 2 aromatic carbocycles. The van der Waals surface area contributed by atoms with Gasteiger partial charge in [0.1, 0.15) is 17.4 Å². The van der Waals surface area contributed by atoms with E-state index in [-0.39, 0.29) is 5.02 Å². The van der Waals surface area contributed by atoms with Gasteiger partial charge in [-0.2, -0.15) is 4.98 Å². The first-order chi connectivity index (χ1) is 12.0. The van der Waals surface area contributed by atoms with Crippen LogP contribution in [0.3, 0.4) is 0 Å². The fourth-order valence-corrected chi connectivity index (χ4v) is 2.42. The fraction of sp³-hybridized carbons (Fsp3) is 0.111. The molecular formula is C18H16ClFN4O. The molecule has 1 aromatic heterocycles. The number of aromatic nitrogens is 2. The average molecular weight is 359 g/mol. The second-order valence-electron chi connectivity index (χ2n) is 5.33. The van der Waals surface area contributed by atoms with E-state index >= 15 is 0 Å². The van der Waals surface area contributed by atoms with Crippen molar-refractivity contribution in [3.8, 4) is 5.75 Å². The molecule has 0 aliphatic carbocycles. The van der Waals surface area contributed by atoms with Crippen LogP contribution in [0.4, 0.5) is 27.5 Å². The van der Waals surface area contributed by atoms with Gasteiger partial charge in [-0.1, -0.05) is 17.7 Å². The van der Waals surface area contributed by atoms with Crippen LogP contribution >= 0.6 is 11.6 Å². The van der Waals surface area contributed by atoms with E-state index in [2.05, 4.69) is 20.6 Å². The molecule has 0 aliphatic rings. The molecule has 0 spiro atoms. The highest BCUT2D eigenvalue weighted by Gasteiger charge is 2.06. The highest BCUT2D eigenvalue weighted by atomic mass is 35.5. The van der Waals surface area contributed by atoms with Crippen molar-refractivity contribution in [3.05, 3.63) is 65.1 Å². The van der Waals surface area contributed by atoms with Crippen LogP contribution in [-0.2, 0) is 0 Å². The van der Waals surface area contributed by atoms with Crippen LogP contribution < -0.4 is 15.4 Å². The Labute approximate surface area is 149 Å². The maximum atomic E-state index is 13.3. The predicted molar refractivity (Wildman–Crippen MR) is 97.7 cm³/mol. The van der Waals surface area contributed by atoms with Gasteiger partial charge in [-0.25, -0.2) is 9.37 Å². The summed E-state index contributed by atoms with van der Waals surface area (Å²) in [6.45, 7) is 1.86. The molecule has 2 N–H and O–H groups in total. The summed E-state index contributed by atoms with van der Waals surface area (Å²) in [7, 11) is 1.61. The first-order valence-electron chi connectivity index (χ1n) is 7.52. The van der Waals surface area contributed by atoms with E-state index in [0.29, 0.717) is 17.5 Å². The number of methoxy groups -OCH3 is 1. The highest BCUT2D eigenvalue weighted by molar-refractivity contribution is 6.31. The van der Waals surface area contributed by atoms with Gasteiger partial charge in [-0.3, -0.25) is 0 Å². The molecule has 3 aromatic rings. The minimum absolute atomic E-state index is 0.0346. The Bertz CT molecular complexity index is 904. The topological polar surface area (TPSA) is 59.1 Å². The minimum atomic E-state index is -0.474. The summed E-state index contributed by atoms with van der Waals surface area (Å²) in [5.74, 6) is 1.28. The van der Waals surface area contributed by atoms with Crippen LogP contribution in [0.15, 0.2) is 48.5 Å². The molecule has 0 saturated heterocycles. The van der Waals surface area contributed by atoms with Crippen molar-refractivity contribution >= 4 is 34.7 Å². The summed E-state index contributed by atoms with van der Waals surface area (Å²) in [6, 6.07) is 13.7. The molecule has 0 bridgehead atoms. The Kier molecular flexibility index (Phi) is 5.00. The van der Waals surface area contributed by atoms with Gasteiger partial charge in [-0.05, 0) is 37.3 Å². The zero-order valence-corrected chi connectivity index (χ0v) is 14.4. The molecule has 7 heteroatoms. The van der Waals surface area contributed by atoms with E-state index in [1.807, 2.05) is 37.3 Å². The Morgan fingerprint density at radius 3 is 2.56 bits per heavy atom. The number of aryl methyl sites for hydroxylation is 1. The molecule has 25 heavy (non-hydrogen) atoms. The molecule has 1 heterocycles. The number of anilines is 4. The molecule has 0 aliphatic heterocycles. The first kappa shape index (κ1) is 17.0. The van der Waals surface area contributed by atoms with E-state index in [1.54, 1.807) is 13.2 Å². The van der Waals surface area contributed by atoms with Gasteiger partial charge in [0.15, 0.2) is 0 Å². The lowest BCUT2D eigenvalue weighted by Crippen LogP contribution is -2.02. The molecule has 0 fully saturated rings. The number of hydrogen-bond acceptors (Lipinski definition) is 5. The number of rotatable bonds is 5. The Balaban J connectivity index is 1.83. The third-order valence-corrected chi connectivity index (χ3v) is 3.66. The number of hydrogen-bond donors (Lipinski definition) is 2. The van der Waals surface area contributed by atoms with Gasteiger partial charge in [0.05, 0.1) is 12.1 Å². The molecule has 0 atom stereocenters. The first-order valence-corrected chi connectivity index (χ1v) is 7.90. The largest absolute Gasteiger partial charge is 0.497 e. The van der Waals surface area contributed by atoms with Gasteiger partial charge in [0, 0.05) is 29.2 Å². The van der Waals surface area contributed by atoms with Crippen LogP contribution in [-0.4, -0.2) is 17.1 Å². The highest BCUT2D eigenvalue weighted by Crippen LogP contribution is 2.24. The maximum absolute atomic E-state index is 13.3. The Morgan fingerprint density at radius 1 is 1.00 bits per heavy atom. The molecular weight excluding hydrogens is 343 g/mol. The van der Waals surface area contributed by atoms with Gasteiger partial charge >= 0.3 is 0 Å². The van der Waals surface area contributed by atoms with E-state index in [9.17, 15) is 4.39 Å². The van der Waals surface area contributed by atoms with Gasteiger partial charge < -0.3 is 15.4 Å². The quantitative estimate of drug-likeness (QED) is 0.666. The van der Waals surface area contributed by atoms with Gasteiger partial charge in [0.25, 0.3) is 0 Å². The number of nitrogens with one attached hydrogen (secondary N) is 2. The second-order valence-corrected chi connectivity index (χ2v) is 5.74. The summed E-state index contributed by atoms with van der Waals surface area (Å²) in [5.41, 5.74) is 2.22. The van der Waals surface area contributed by atoms with Crippen LogP contribution in [0.5, 0.6) is 5.75 Å². The number of benzene rings is 2. The third kappa shape index (κ3) is 4.36. The lowest BCUT2D eigenvalue weighted by Gasteiger charge is -2.11. The van der Waals surface area contributed by atoms with Crippen molar-refractivity contribution in [1.82, 2.24) is 9.97 Å². The number of ether oxygens (including phenoxy) is 1. The van der Waals surface area contributed by atoms with E-state index in [0.717, 1.165) is 17.1 Å². The Hall–Kier alpha value is -2.86. The SMILES string of the molecule is COc1cccc(Nc2cc(C)nc(Nc3ccc(F)c(Cl)c3)n2)c1. The number of halogens is 2. The van der Waals surface area contributed by atoms with Crippen molar-refractivity contribution in [1.29, 1.82) is 0 Å². The summed E-state index contributed by atoms with van der Waals surface area (Å²) in [5, 5.41) is 6.27. The van der Waals surface area contributed by atoms with E-state index in [4.69, 9.17) is 16.3 Å². The van der Waals surface area contributed by atoms with Crippen molar-refractivity contribution in [2.75, 3.05) is 17.7 Å². The summed E-state index contributed by atoms with van der Waals surface area (Å²) in [6.07, 6.45) is 0. The van der Waals surface area contributed by atoms with Crippen LogP contribution in [0.2, 0.25) is 5.02 Å². The lowest BCUT2D eigenvalue weighted by atomic mass is 10.3. The molecule has 3 rings (SSSR count). The third-order valence-electron chi connectivity index (χ3n) is 3.37. The average Bonchev–Trinajstić information content (AvgIpc) is 2.58.